The summed E-state index contributed by atoms with van der Waals surface area (Å²) in [6, 6.07) is 12.5. The number of carbonyl (C=O) groups excluding carboxylic acids is 1. The van der Waals surface area contributed by atoms with Crippen molar-refractivity contribution >= 4 is 27.9 Å². The minimum atomic E-state index is -3.73. The molecule has 1 unspecified atom stereocenters. The molecule has 2 aliphatic heterocycles. The Labute approximate surface area is 221 Å². The van der Waals surface area contributed by atoms with Gasteiger partial charge in [-0.05, 0) is 63.0 Å². The van der Waals surface area contributed by atoms with E-state index in [1.165, 1.54) is 6.07 Å². The molecule has 2 aliphatic rings. The highest BCUT2D eigenvalue weighted by atomic mass is 32.2. The number of ether oxygens (including phenoxy) is 2. The smallest absolute Gasteiger partial charge is 0.414 e. The van der Waals surface area contributed by atoms with Crippen LogP contribution in [0.5, 0.6) is 11.5 Å². The van der Waals surface area contributed by atoms with E-state index in [0.29, 0.717) is 13.0 Å². The van der Waals surface area contributed by atoms with E-state index in [4.69, 9.17) is 29.3 Å². The van der Waals surface area contributed by atoms with E-state index in [-0.39, 0.29) is 23.0 Å². The van der Waals surface area contributed by atoms with Crippen LogP contribution < -0.4 is 9.47 Å². The van der Waals surface area contributed by atoms with Crippen molar-refractivity contribution in [3.05, 3.63) is 53.6 Å². The summed E-state index contributed by atoms with van der Waals surface area (Å²) in [5.41, 5.74) is 1.37. The second-order valence-electron chi connectivity index (χ2n) is 8.84. The molecule has 0 saturated carbocycles. The van der Waals surface area contributed by atoms with Gasteiger partial charge in [-0.3, -0.25) is 9.69 Å². The van der Waals surface area contributed by atoms with E-state index < -0.39 is 27.9 Å². The lowest BCUT2D eigenvalue weighted by Crippen LogP contribution is -2.44. The molecule has 0 bridgehead atoms. The van der Waals surface area contributed by atoms with Gasteiger partial charge in [0.05, 0.1) is 12.7 Å². The van der Waals surface area contributed by atoms with Crippen LogP contribution in [0.3, 0.4) is 0 Å². The second-order valence-corrected chi connectivity index (χ2v) is 10.7. The van der Waals surface area contributed by atoms with Gasteiger partial charge in [-0.1, -0.05) is 25.1 Å². The van der Waals surface area contributed by atoms with E-state index in [0.717, 1.165) is 53.7 Å². The number of sulfonamides is 1. The Morgan fingerprint density at radius 1 is 1.08 bits per heavy atom. The molecule has 0 radical (unpaired) electrons. The third-order valence-corrected chi connectivity index (χ3v) is 8.20. The lowest BCUT2D eigenvalue weighted by molar-refractivity contribution is -0.159. The maximum Gasteiger partial charge on any atom is 0.414 e. The molecule has 1 atom stereocenters. The van der Waals surface area contributed by atoms with E-state index in [1.807, 2.05) is 18.2 Å². The molecule has 206 valence electrons. The third kappa shape index (κ3) is 6.43. The number of nitrogens with zero attached hydrogens (tertiary/aromatic N) is 2. The van der Waals surface area contributed by atoms with Crippen molar-refractivity contribution in [2.75, 3.05) is 33.4 Å². The van der Waals surface area contributed by atoms with Crippen LogP contribution in [-0.4, -0.2) is 85.1 Å². The Balaban J connectivity index is 0.000000599. The number of carboxylic acid groups (broad SMARTS) is 2. The first-order valence-corrected chi connectivity index (χ1v) is 13.7. The number of benzene rings is 2. The van der Waals surface area contributed by atoms with Gasteiger partial charge in [-0.15, -0.1) is 0 Å². The zero-order valence-electron chi connectivity index (χ0n) is 21.3. The molecule has 2 N–H and O–H groups in total. The maximum atomic E-state index is 12.7. The van der Waals surface area contributed by atoms with Crippen LogP contribution in [-0.2, 0) is 26.0 Å². The molecule has 0 aliphatic carbocycles. The third-order valence-electron chi connectivity index (χ3n) is 6.36. The molecule has 0 saturated heterocycles. The van der Waals surface area contributed by atoms with Crippen molar-refractivity contribution in [2.24, 2.45) is 0 Å². The zero-order chi connectivity index (χ0) is 27.9. The minimum Gasteiger partial charge on any atom is -0.496 e. The van der Waals surface area contributed by atoms with Gasteiger partial charge in [-0.2, -0.15) is 0 Å². The van der Waals surface area contributed by atoms with Crippen LogP contribution in [0.15, 0.2) is 47.4 Å². The Bertz CT molecular complexity index is 1250. The first kappa shape index (κ1) is 28.9. The number of carbonyl (C=O) groups is 3. The van der Waals surface area contributed by atoms with Gasteiger partial charge in [0.2, 0.25) is 0 Å². The Hall–Kier alpha value is -3.64. The van der Waals surface area contributed by atoms with Crippen molar-refractivity contribution in [1.82, 2.24) is 9.21 Å². The number of hydrogen-bond donors (Lipinski definition) is 2. The summed E-state index contributed by atoms with van der Waals surface area (Å²) in [6.45, 7) is 4.73. The normalized spacial score (nSPS) is 17.1. The number of carboxylic acids is 2. The van der Waals surface area contributed by atoms with E-state index in [1.54, 1.807) is 25.3 Å². The van der Waals surface area contributed by atoms with Crippen molar-refractivity contribution in [3.8, 4) is 11.5 Å². The number of methoxy groups -OCH3 is 1. The Kier molecular flexibility index (Phi) is 9.70. The quantitative estimate of drug-likeness (QED) is 0.353. The van der Waals surface area contributed by atoms with Gasteiger partial charge in [0, 0.05) is 18.2 Å². The van der Waals surface area contributed by atoms with Gasteiger partial charge >= 0.3 is 11.9 Å². The van der Waals surface area contributed by atoms with Gasteiger partial charge in [-0.25, -0.2) is 22.3 Å². The molecule has 0 aromatic heterocycles. The van der Waals surface area contributed by atoms with E-state index in [2.05, 4.69) is 11.8 Å². The van der Waals surface area contributed by atoms with Crippen molar-refractivity contribution < 1.29 is 42.5 Å². The highest BCUT2D eigenvalue weighted by molar-refractivity contribution is 7.90. The van der Waals surface area contributed by atoms with Gasteiger partial charge < -0.3 is 19.7 Å². The fourth-order valence-electron chi connectivity index (χ4n) is 4.57. The predicted molar refractivity (Wildman–Crippen MR) is 137 cm³/mol. The van der Waals surface area contributed by atoms with Crippen molar-refractivity contribution in [2.45, 2.75) is 43.5 Å². The highest BCUT2D eigenvalue weighted by Gasteiger charge is 2.40. The predicted octanol–water partition coefficient (Wildman–Crippen LogP) is 2.49. The number of fused-ring (bicyclic) bond motifs is 2. The summed E-state index contributed by atoms with van der Waals surface area (Å²) in [5.74, 6) is -2.34. The van der Waals surface area contributed by atoms with Crippen molar-refractivity contribution in [3.63, 3.8) is 0 Å². The second kappa shape index (κ2) is 12.7. The molecule has 2 aromatic rings. The number of hydrogen-bond acceptors (Lipinski definition) is 8. The fraction of sp³-hybridized carbons (Fsp3) is 0.423. The number of amides is 1. The molecule has 2 heterocycles. The van der Waals surface area contributed by atoms with Crippen LogP contribution in [0.25, 0.3) is 0 Å². The van der Waals surface area contributed by atoms with Gasteiger partial charge in [0.15, 0.2) is 0 Å². The van der Waals surface area contributed by atoms with Crippen LogP contribution >= 0.6 is 0 Å². The summed E-state index contributed by atoms with van der Waals surface area (Å²) in [5, 5.41) is 14.8. The molecular formula is C26H32N2O9S. The number of unbranched alkanes of at least 4 members (excludes halogenated alkanes) is 1. The summed E-state index contributed by atoms with van der Waals surface area (Å²) < 4.78 is 38.0. The Morgan fingerprint density at radius 3 is 2.42 bits per heavy atom. The summed E-state index contributed by atoms with van der Waals surface area (Å²) in [4.78, 5) is 33.3. The summed E-state index contributed by atoms with van der Waals surface area (Å²) in [6.07, 6.45) is 3.29. The summed E-state index contributed by atoms with van der Waals surface area (Å²) in [7, 11) is -2.06. The molecule has 38 heavy (non-hydrogen) atoms. The maximum absolute atomic E-state index is 12.7. The van der Waals surface area contributed by atoms with Crippen LogP contribution in [0.4, 0.5) is 0 Å². The molecule has 4 rings (SSSR count). The van der Waals surface area contributed by atoms with E-state index >= 15 is 0 Å². The Morgan fingerprint density at radius 2 is 1.79 bits per heavy atom. The molecule has 0 fully saturated rings. The molecule has 0 spiro atoms. The molecule has 2 aromatic carbocycles. The van der Waals surface area contributed by atoms with Crippen LogP contribution in [0, 0.1) is 0 Å². The molecular weight excluding hydrogens is 516 g/mol. The standard InChI is InChI=1S/C24H30N2O5S.C2H2O4/c1-3-13-25(18-16-20-21(30-2)10-8-11-22(20)31-17-18)14-6-7-15-26-24(27)19-9-4-5-12-23(19)32(26,28)29;3-1(4)2(5)6/h4-5,8-12,18H,3,6-7,13-17H2,1-2H3;(H,3,4)(H,5,6). The van der Waals surface area contributed by atoms with Gasteiger partial charge in [0.1, 0.15) is 23.0 Å². The number of aliphatic carboxylic acids is 2. The SMILES string of the molecule is CCCN(CCCCN1C(=O)c2ccccc2S1(=O)=O)C1COc2cccc(OC)c2C1.O=C(O)C(=O)O. The fourth-order valence-corrected chi connectivity index (χ4v) is 6.18. The van der Waals surface area contributed by atoms with Crippen molar-refractivity contribution in [1.29, 1.82) is 0 Å². The highest BCUT2D eigenvalue weighted by Crippen LogP contribution is 2.34. The van der Waals surface area contributed by atoms with Gasteiger partial charge in [0.25, 0.3) is 15.9 Å². The van der Waals surface area contributed by atoms with Crippen LogP contribution in [0.1, 0.15) is 42.1 Å². The zero-order valence-corrected chi connectivity index (χ0v) is 22.1. The lowest BCUT2D eigenvalue weighted by atomic mass is 10.00. The average Bonchev–Trinajstić information content (AvgIpc) is 3.10. The summed E-state index contributed by atoms with van der Waals surface area (Å²) >= 11 is 0. The van der Waals surface area contributed by atoms with Crippen LogP contribution in [0.2, 0.25) is 0 Å². The average molecular weight is 549 g/mol. The monoisotopic (exact) mass is 548 g/mol. The molecule has 11 nitrogen and oxygen atoms in total. The molecule has 1 amide bonds. The largest absolute Gasteiger partial charge is 0.496 e. The van der Waals surface area contributed by atoms with E-state index in [9.17, 15) is 13.2 Å². The first-order chi connectivity index (χ1) is 18.1. The molecule has 12 heteroatoms. The topological polar surface area (TPSA) is 151 Å². The number of rotatable bonds is 9. The lowest BCUT2D eigenvalue weighted by Gasteiger charge is -2.35. The minimum absolute atomic E-state index is 0.115. The first-order valence-electron chi connectivity index (χ1n) is 12.3.